The summed E-state index contributed by atoms with van der Waals surface area (Å²) in [4.78, 5) is 2.81. The number of nitrogens with one attached hydrogen (secondary N) is 1. The third-order valence-corrected chi connectivity index (χ3v) is 6.19. The van der Waals surface area contributed by atoms with Crippen LogP contribution in [0.3, 0.4) is 0 Å². The van der Waals surface area contributed by atoms with E-state index in [1.165, 1.54) is 71.0 Å². The monoisotopic (exact) mass is 264 g/mol. The van der Waals surface area contributed by atoms with Gasteiger partial charge in [0.2, 0.25) is 0 Å². The minimum Gasteiger partial charge on any atom is -0.311 e. The molecule has 2 saturated carbocycles. The summed E-state index contributed by atoms with van der Waals surface area (Å²) < 4.78 is 0. The zero-order valence-electron chi connectivity index (χ0n) is 13.0. The van der Waals surface area contributed by atoms with E-state index in [9.17, 15) is 0 Å². The third kappa shape index (κ3) is 3.16. The summed E-state index contributed by atoms with van der Waals surface area (Å²) in [7, 11) is 0. The number of hydrogen-bond acceptors (Lipinski definition) is 2. The lowest BCUT2D eigenvalue weighted by Gasteiger charge is -2.44. The summed E-state index contributed by atoms with van der Waals surface area (Å²) in [5.41, 5.74) is 0.711. The first-order valence-electron chi connectivity index (χ1n) is 8.70. The average molecular weight is 264 g/mol. The molecular weight excluding hydrogens is 232 g/mol. The maximum atomic E-state index is 3.85. The van der Waals surface area contributed by atoms with E-state index in [0.717, 1.165) is 18.0 Å². The van der Waals surface area contributed by atoms with Crippen LogP contribution in [-0.4, -0.2) is 36.6 Å². The Bertz CT molecular complexity index is 292. The van der Waals surface area contributed by atoms with Gasteiger partial charge in [-0.3, -0.25) is 4.90 Å². The van der Waals surface area contributed by atoms with Crippen LogP contribution >= 0.6 is 0 Å². The summed E-state index contributed by atoms with van der Waals surface area (Å²) in [6.07, 6.45) is 11.7. The molecule has 1 N–H and O–H groups in total. The Morgan fingerprint density at radius 2 is 1.89 bits per heavy atom. The van der Waals surface area contributed by atoms with Gasteiger partial charge in [-0.25, -0.2) is 0 Å². The Labute approximate surface area is 119 Å². The second-order valence-corrected chi connectivity index (χ2v) is 7.54. The van der Waals surface area contributed by atoms with Crippen LogP contribution in [0.4, 0.5) is 0 Å². The van der Waals surface area contributed by atoms with Gasteiger partial charge in [0.25, 0.3) is 0 Å². The zero-order chi connectivity index (χ0) is 13.3. The molecule has 0 bridgehead atoms. The van der Waals surface area contributed by atoms with E-state index in [1.807, 2.05) is 0 Å². The van der Waals surface area contributed by atoms with Crippen molar-refractivity contribution in [1.29, 1.82) is 0 Å². The fourth-order valence-electron chi connectivity index (χ4n) is 4.25. The molecule has 110 valence electrons. The molecule has 0 aromatic carbocycles. The highest BCUT2D eigenvalue weighted by molar-refractivity contribution is 4.98. The molecule has 3 rings (SSSR count). The van der Waals surface area contributed by atoms with Crippen LogP contribution in [0.1, 0.15) is 65.2 Å². The predicted octanol–water partition coefficient (Wildman–Crippen LogP) is 3.42. The van der Waals surface area contributed by atoms with Gasteiger partial charge in [0.1, 0.15) is 0 Å². The molecule has 2 aliphatic carbocycles. The molecule has 2 heteroatoms. The molecule has 2 atom stereocenters. The van der Waals surface area contributed by atoms with Crippen LogP contribution < -0.4 is 5.32 Å². The van der Waals surface area contributed by atoms with Gasteiger partial charge in [0.05, 0.1) is 0 Å². The second kappa shape index (κ2) is 5.73. The van der Waals surface area contributed by atoms with Crippen molar-refractivity contribution in [3.05, 3.63) is 0 Å². The largest absolute Gasteiger partial charge is 0.311 e. The Morgan fingerprint density at radius 1 is 1.16 bits per heavy atom. The molecule has 0 aromatic heterocycles. The van der Waals surface area contributed by atoms with Gasteiger partial charge < -0.3 is 5.32 Å². The fourth-order valence-corrected chi connectivity index (χ4v) is 4.25. The number of piperazine rings is 1. The highest BCUT2D eigenvalue weighted by Gasteiger charge is 2.44. The van der Waals surface area contributed by atoms with Crippen LogP contribution in [0.25, 0.3) is 0 Å². The SMILES string of the molecule is CCC1(CN2CC(C3CCCCC3)NCC2C)CC1. The number of hydrogen-bond donors (Lipinski definition) is 1. The van der Waals surface area contributed by atoms with Crippen molar-refractivity contribution in [3.63, 3.8) is 0 Å². The molecule has 1 heterocycles. The molecule has 19 heavy (non-hydrogen) atoms. The summed E-state index contributed by atoms with van der Waals surface area (Å²) in [6.45, 7) is 8.69. The molecule has 2 nitrogen and oxygen atoms in total. The molecule has 0 radical (unpaired) electrons. The molecule has 2 unspecified atom stereocenters. The van der Waals surface area contributed by atoms with Crippen LogP contribution in [0.2, 0.25) is 0 Å². The van der Waals surface area contributed by atoms with Gasteiger partial charge in [-0.05, 0) is 50.4 Å². The Morgan fingerprint density at radius 3 is 2.53 bits per heavy atom. The van der Waals surface area contributed by atoms with Crippen molar-refractivity contribution in [1.82, 2.24) is 10.2 Å². The summed E-state index contributed by atoms with van der Waals surface area (Å²) in [5, 5.41) is 3.85. The number of nitrogens with zero attached hydrogens (tertiary/aromatic N) is 1. The van der Waals surface area contributed by atoms with Crippen molar-refractivity contribution in [2.45, 2.75) is 77.3 Å². The number of rotatable bonds is 4. The molecule has 0 spiro atoms. The van der Waals surface area contributed by atoms with Gasteiger partial charge in [-0.15, -0.1) is 0 Å². The van der Waals surface area contributed by atoms with E-state index in [2.05, 4.69) is 24.1 Å². The molecule has 1 aliphatic heterocycles. The molecular formula is C17H32N2. The average Bonchev–Trinajstić information content (AvgIpc) is 3.23. The van der Waals surface area contributed by atoms with Gasteiger partial charge >= 0.3 is 0 Å². The van der Waals surface area contributed by atoms with Gasteiger partial charge in [-0.2, -0.15) is 0 Å². The predicted molar refractivity (Wildman–Crippen MR) is 81.4 cm³/mol. The van der Waals surface area contributed by atoms with E-state index in [4.69, 9.17) is 0 Å². The second-order valence-electron chi connectivity index (χ2n) is 7.54. The van der Waals surface area contributed by atoms with Crippen LogP contribution in [0, 0.1) is 11.3 Å². The first kappa shape index (κ1) is 13.9. The lowest BCUT2D eigenvalue weighted by Crippen LogP contribution is -2.58. The summed E-state index contributed by atoms with van der Waals surface area (Å²) in [6, 6.07) is 1.52. The van der Waals surface area contributed by atoms with Crippen LogP contribution in [0.5, 0.6) is 0 Å². The minimum atomic E-state index is 0.711. The van der Waals surface area contributed by atoms with E-state index >= 15 is 0 Å². The first-order valence-corrected chi connectivity index (χ1v) is 8.70. The Kier molecular flexibility index (Phi) is 4.19. The molecule has 1 saturated heterocycles. The molecule has 0 amide bonds. The fraction of sp³-hybridized carbons (Fsp3) is 1.00. The van der Waals surface area contributed by atoms with Crippen molar-refractivity contribution < 1.29 is 0 Å². The lowest BCUT2D eigenvalue weighted by molar-refractivity contribution is 0.0837. The van der Waals surface area contributed by atoms with E-state index in [0.29, 0.717) is 5.41 Å². The maximum absolute atomic E-state index is 3.85. The Balaban J connectivity index is 1.57. The third-order valence-electron chi connectivity index (χ3n) is 6.19. The van der Waals surface area contributed by atoms with Crippen LogP contribution in [0.15, 0.2) is 0 Å². The molecule has 3 aliphatic rings. The van der Waals surface area contributed by atoms with Crippen molar-refractivity contribution >= 4 is 0 Å². The highest BCUT2D eigenvalue weighted by atomic mass is 15.2. The standard InChI is InChI=1S/C17H32N2/c1-3-17(9-10-17)13-19-12-16(18-11-14(19)2)15-7-5-4-6-8-15/h14-16,18H,3-13H2,1-2H3. The topological polar surface area (TPSA) is 15.3 Å². The zero-order valence-corrected chi connectivity index (χ0v) is 13.0. The van der Waals surface area contributed by atoms with Crippen molar-refractivity contribution in [3.8, 4) is 0 Å². The minimum absolute atomic E-state index is 0.711. The Hall–Kier alpha value is -0.0800. The van der Waals surface area contributed by atoms with Crippen LogP contribution in [-0.2, 0) is 0 Å². The van der Waals surface area contributed by atoms with Gasteiger partial charge in [0, 0.05) is 31.7 Å². The van der Waals surface area contributed by atoms with E-state index < -0.39 is 0 Å². The van der Waals surface area contributed by atoms with Crippen molar-refractivity contribution in [2.24, 2.45) is 11.3 Å². The lowest BCUT2D eigenvalue weighted by atomic mass is 9.82. The first-order chi connectivity index (χ1) is 9.22. The summed E-state index contributed by atoms with van der Waals surface area (Å²) >= 11 is 0. The summed E-state index contributed by atoms with van der Waals surface area (Å²) in [5.74, 6) is 0.959. The van der Waals surface area contributed by atoms with E-state index in [1.54, 1.807) is 0 Å². The van der Waals surface area contributed by atoms with Gasteiger partial charge in [0.15, 0.2) is 0 Å². The molecule has 3 fully saturated rings. The normalized spacial score (nSPS) is 36.3. The quantitative estimate of drug-likeness (QED) is 0.837. The maximum Gasteiger partial charge on any atom is 0.0224 e. The van der Waals surface area contributed by atoms with Gasteiger partial charge in [-0.1, -0.05) is 26.2 Å². The highest BCUT2D eigenvalue weighted by Crippen LogP contribution is 2.49. The smallest absolute Gasteiger partial charge is 0.0224 e. The van der Waals surface area contributed by atoms with Crippen molar-refractivity contribution in [2.75, 3.05) is 19.6 Å². The molecule has 0 aromatic rings. The van der Waals surface area contributed by atoms with E-state index in [-0.39, 0.29) is 0 Å².